The summed E-state index contributed by atoms with van der Waals surface area (Å²) in [5, 5.41) is 36.6. The zero-order valence-electron chi connectivity index (χ0n) is 16.0. The quantitative estimate of drug-likeness (QED) is 0.326. The van der Waals surface area contributed by atoms with E-state index in [9.17, 15) is 35.1 Å². The van der Waals surface area contributed by atoms with Gasteiger partial charge in [-0.3, -0.25) is 35.1 Å². The van der Waals surface area contributed by atoms with Crippen LogP contribution in [0.3, 0.4) is 0 Å². The number of benzene rings is 3. The summed E-state index contributed by atoms with van der Waals surface area (Å²) >= 11 is 0. The Hall–Kier alpha value is -4.67. The molecule has 11 heteroatoms. The van der Waals surface area contributed by atoms with Crippen LogP contribution in [-0.2, 0) is 0 Å². The van der Waals surface area contributed by atoms with Crippen LogP contribution >= 0.6 is 0 Å². The lowest BCUT2D eigenvalue weighted by molar-refractivity contribution is -0.401. The van der Waals surface area contributed by atoms with Gasteiger partial charge in [-0.15, -0.1) is 0 Å². The second kappa shape index (κ2) is 8.37. The Kier molecular flexibility index (Phi) is 5.68. The minimum atomic E-state index is -0.950. The number of nitrogens with zero attached hydrogens (tertiary/aromatic N) is 3. The van der Waals surface area contributed by atoms with Crippen molar-refractivity contribution < 1.29 is 19.6 Å². The summed E-state index contributed by atoms with van der Waals surface area (Å²) in [6.45, 7) is 1.58. The molecule has 0 heterocycles. The molecule has 0 atom stereocenters. The number of carbonyl (C=O) groups excluding carboxylic acids is 1. The molecule has 0 fully saturated rings. The smallest absolute Gasteiger partial charge is 0.306 e. The van der Waals surface area contributed by atoms with E-state index in [1.165, 1.54) is 12.1 Å². The lowest BCUT2D eigenvalue weighted by Crippen LogP contribution is -2.07. The molecule has 3 aromatic carbocycles. The van der Waals surface area contributed by atoms with Gasteiger partial charge in [0.25, 0.3) is 5.69 Å². The summed E-state index contributed by atoms with van der Waals surface area (Å²) in [5.74, 6) is -0.297. The van der Waals surface area contributed by atoms with E-state index in [2.05, 4.69) is 5.32 Å². The molecule has 0 spiro atoms. The molecule has 156 valence electrons. The molecule has 0 amide bonds. The molecule has 0 radical (unpaired) electrons. The first-order chi connectivity index (χ1) is 14.7. The maximum atomic E-state index is 12.8. The van der Waals surface area contributed by atoms with Gasteiger partial charge >= 0.3 is 11.4 Å². The third-order valence-electron chi connectivity index (χ3n) is 4.56. The van der Waals surface area contributed by atoms with E-state index in [-0.39, 0.29) is 11.5 Å². The molecule has 3 aromatic rings. The van der Waals surface area contributed by atoms with Crippen molar-refractivity contribution >= 4 is 34.2 Å². The molecule has 0 bridgehead atoms. The number of rotatable bonds is 7. The summed E-state index contributed by atoms with van der Waals surface area (Å²) in [6.07, 6.45) is 0. The van der Waals surface area contributed by atoms with Crippen LogP contribution < -0.4 is 5.32 Å². The van der Waals surface area contributed by atoms with Crippen molar-refractivity contribution in [1.82, 2.24) is 0 Å². The summed E-state index contributed by atoms with van der Waals surface area (Å²) in [5.41, 5.74) is -1.64. The maximum Gasteiger partial charge on any atom is 0.306 e. The van der Waals surface area contributed by atoms with Gasteiger partial charge in [0.05, 0.1) is 26.9 Å². The first kappa shape index (κ1) is 21.0. The molecule has 0 unspecified atom stereocenters. The second-order valence-electron chi connectivity index (χ2n) is 6.43. The van der Waals surface area contributed by atoms with Crippen molar-refractivity contribution in [2.75, 3.05) is 5.32 Å². The molecule has 0 aromatic heterocycles. The van der Waals surface area contributed by atoms with Crippen molar-refractivity contribution in [3.8, 4) is 0 Å². The predicted molar refractivity (Wildman–Crippen MR) is 111 cm³/mol. The molecule has 0 aliphatic carbocycles. The van der Waals surface area contributed by atoms with E-state index in [0.29, 0.717) is 28.8 Å². The lowest BCUT2D eigenvalue weighted by atomic mass is 9.98. The van der Waals surface area contributed by atoms with Gasteiger partial charge < -0.3 is 5.32 Å². The topological polar surface area (TPSA) is 159 Å². The van der Waals surface area contributed by atoms with E-state index in [1.807, 2.05) is 0 Å². The number of carbonyl (C=O) groups is 1. The first-order valence-electron chi connectivity index (χ1n) is 8.78. The number of hydrogen-bond acceptors (Lipinski definition) is 8. The molecule has 3 rings (SSSR count). The summed E-state index contributed by atoms with van der Waals surface area (Å²) in [6, 6.07) is 14.3. The normalized spacial score (nSPS) is 10.4. The third-order valence-corrected chi connectivity index (χ3v) is 4.56. The van der Waals surface area contributed by atoms with E-state index >= 15 is 0 Å². The van der Waals surface area contributed by atoms with Crippen molar-refractivity contribution in [1.29, 1.82) is 0 Å². The van der Waals surface area contributed by atoms with Crippen LogP contribution in [0.1, 0.15) is 21.5 Å². The molecule has 11 nitrogen and oxygen atoms in total. The molecule has 0 aliphatic rings. The van der Waals surface area contributed by atoms with Crippen molar-refractivity contribution in [3.63, 3.8) is 0 Å². The average Bonchev–Trinajstić information content (AvgIpc) is 2.74. The number of ketones is 1. The fraction of sp³-hybridized carbons (Fsp3) is 0.0500. The number of non-ortho nitro benzene ring substituents is 1. The first-order valence-corrected chi connectivity index (χ1v) is 8.78. The third kappa shape index (κ3) is 4.19. The van der Waals surface area contributed by atoms with Gasteiger partial charge in [0.2, 0.25) is 0 Å². The predicted octanol–water partition coefficient (Wildman–Crippen LogP) is 4.69. The Morgan fingerprint density at radius 2 is 1.39 bits per heavy atom. The van der Waals surface area contributed by atoms with Gasteiger partial charge in [-0.1, -0.05) is 42.5 Å². The van der Waals surface area contributed by atoms with Crippen molar-refractivity contribution in [3.05, 3.63) is 108 Å². The van der Waals surface area contributed by atoms with Gasteiger partial charge in [-0.25, -0.2) is 0 Å². The molecule has 0 saturated heterocycles. The Bertz CT molecular complexity index is 1190. The van der Waals surface area contributed by atoms with Gasteiger partial charge in [-0.2, -0.15) is 0 Å². The molecule has 0 aliphatic heterocycles. The van der Waals surface area contributed by atoms with E-state index < -0.39 is 37.5 Å². The van der Waals surface area contributed by atoms with Gasteiger partial charge in [0.1, 0.15) is 0 Å². The highest BCUT2D eigenvalue weighted by atomic mass is 16.6. The van der Waals surface area contributed by atoms with Crippen molar-refractivity contribution in [2.45, 2.75) is 6.92 Å². The molecular formula is C20H14N4O7. The number of hydrogen-bond donors (Lipinski definition) is 1. The fourth-order valence-corrected chi connectivity index (χ4v) is 3.02. The minimum Gasteiger partial charge on any atom is -0.344 e. The second-order valence-corrected chi connectivity index (χ2v) is 6.43. The fourth-order valence-electron chi connectivity index (χ4n) is 3.02. The standard InChI is InChI=1S/C20H14N4O7/c1-12-15(20(25)13-6-3-2-4-7-13)8-5-9-16(12)21-19-17(23(28)29)10-14(22(26)27)11-18(19)24(30)31/h2-11,21H,1H3. The Balaban J connectivity index is 2.13. The summed E-state index contributed by atoms with van der Waals surface area (Å²) in [4.78, 5) is 44.0. The maximum absolute atomic E-state index is 12.8. The zero-order chi connectivity index (χ0) is 22.7. The highest BCUT2D eigenvalue weighted by Crippen LogP contribution is 2.40. The van der Waals surface area contributed by atoms with Gasteiger partial charge in [-0.05, 0) is 18.6 Å². The van der Waals surface area contributed by atoms with Crippen LogP contribution in [0.15, 0.2) is 60.7 Å². The highest BCUT2D eigenvalue weighted by Gasteiger charge is 2.31. The van der Waals surface area contributed by atoms with E-state index in [1.54, 1.807) is 43.3 Å². The van der Waals surface area contributed by atoms with Gasteiger partial charge in [0, 0.05) is 16.8 Å². The van der Waals surface area contributed by atoms with Crippen LogP contribution in [0.4, 0.5) is 28.4 Å². The van der Waals surface area contributed by atoms with Crippen LogP contribution in [-0.4, -0.2) is 20.6 Å². The average molecular weight is 422 g/mol. The molecule has 0 saturated carbocycles. The van der Waals surface area contributed by atoms with Crippen LogP contribution in [0.5, 0.6) is 0 Å². The number of nitro groups is 3. The minimum absolute atomic E-state index is 0.210. The molecular weight excluding hydrogens is 408 g/mol. The van der Waals surface area contributed by atoms with Crippen molar-refractivity contribution in [2.24, 2.45) is 0 Å². The number of nitro benzene ring substituents is 3. The monoisotopic (exact) mass is 422 g/mol. The highest BCUT2D eigenvalue weighted by molar-refractivity contribution is 6.10. The molecule has 31 heavy (non-hydrogen) atoms. The Morgan fingerprint density at radius 3 is 1.90 bits per heavy atom. The van der Waals surface area contributed by atoms with Crippen LogP contribution in [0.2, 0.25) is 0 Å². The van der Waals surface area contributed by atoms with Crippen LogP contribution in [0, 0.1) is 37.3 Å². The SMILES string of the molecule is Cc1c(Nc2c([N+](=O)[O-])cc([N+](=O)[O-])cc2[N+](=O)[O-])cccc1C(=O)c1ccccc1. The number of anilines is 2. The van der Waals surface area contributed by atoms with E-state index in [0.717, 1.165) is 0 Å². The zero-order valence-corrected chi connectivity index (χ0v) is 16.0. The Labute approximate surface area is 174 Å². The summed E-state index contributed by atoms with van der Waals surface area (Å²) in [7, 11) is 0. The number of nitrogens with one attached hydrogen (secondary N) is 1. The van der Waals surface area contributed by atoms with E-state index in [4.69, 9.17) is 0 Å². The molecule has 1 N–H and O–H groups in total. The van der Waals surface area contributed by atoms with Gasteiger partial charge in [0.15, 0.2) is 11.5 Å². The summed E-state index contributed by atoms with van der Waals surface area (Å²) < 4.78 is 0. The van der Waals surface area contributed by atoms with Crippen LogP contribution in [0.25, 0.3) is 0 Å². The largest absolute Gasteiger partial charge is 0.344 e. The Morgan fingerprint density at radius 1 is 0.806 bits per heavy atom. The lowest BCUT2D eigenvalue weighted by Gasteiger charge is -2.13.